The van der Waals surface area contributed by atoms with Gasteiger partial charge in [-0.2, -0.15) is 0 Å². The van der Waals surface area contributed by atoms with Gasteiger partial charge in [0.1, 0.15) is 18.4 Å². The molecule has 8 heteroatoms. The Balaban J connectivity index is 1.03. The number of amides is 3. The summed E-state index contributed by atoms with van der Waals surface area (Å²) in [6, 6.07) is 21.6. The van der Waals surface area contributed by atoms with E-state index in [4.69, 9.17) is 16.3 Å². The highest BCUT2D eigenvalue weighted by molar-refractivity contribution is 6.30. The number of imide groups is 1. The molecule has 0 radical (unpaired) electrons. The van der Waals surface area contributed by atoms with E-state index >= 15 is 0 Å². The first-order chi connectivity index (χ1) is 19.4. The molecule has 0 bridgehead atoms. The molecular formula is C32H32ClN3O4. The molecule has 0 aromatic heterocycles. The van der Waals surface area contributed by atoms with Crippen LogP contribution in [0.5, 0.6) is 5.75 Å². The number of rotatable bonds is 7. The maximum atomic E-state index is 13.3. The quantitative estimate of drug-likeness (QED) is 0.411. The van der Waals surface area contributed by atoms with Gasteiger partial charge in [-0.25, -0.2) is 0 Å². The van der Waals surface area contributed by atoms with Crippen molar-refractivity contribution in [3.8, 4) is 5.75 Å². The summed E-state index contributed by atoms with van der Waals surface area (Å²) in [6.07, 6.45) is 2.87. The lowest BCUT2D eigenvalue weighted by molar-refractivity contribution is -0.136. The van der Waals surface area contributed by atoms with Crippen molar-refractivity contribution in [1.82, 2.24) is 15.1 Å². The zero-order valence-corrected chi connectivity index (χ0v) is 23.0. The van der Waals surface area contributed by atoms with Crippen LogP contribution in [0, 0.1) is 0 Å². The van der Waals surface area contributed by atoms with Crippen LogP contribution in [0.2, 0.25) is 5.02 Å². The predicted molar refractivity (Wildman–Crippen MR) is 152 cm³/mol. The average Bonchev–Trinajstić information content (AvgIpc) is 3.30. The zero-order chi connectivity index (χ0) is 27.6. The molecule has 7 nitrogen and oxygen atoms in total. The van der Waals surface area contributed by atoms with Crippen molar-refractivity contribution in [3.63, 3.8) is 0 Å². The molecule has 3 aliphatic heterocycles. The molecule has 0 saturated carbocycles. The van der Waals surface area contributed by atoms with E-state index in [9.17, 15) is 14.4 Å². The minimum Gasteiger partial charge on any atom is -0.488 e. The highest BCUT2D eigenvalue weighted by Crippen LogP contribution is 2.34. The van der Waals surface area contributed by atoms with Gasteiger partial charge in [0.2, 0.25) is 11.8 Å². The molecule has 1 atom stereocenters. The van der Waals surface area contributed by atoms with Crippen molar-refractivity contribution in [2.75, 3.05) is 13.1 Å². The Labute approximate surface area is 239 Å². The first-order valence-electron chi connectivity index (χ1n) is 13.9. The fourth-order valence-corrected chi connectivity index (χ4v) is 6.15. The van der Waals surface area contributed by atoms with E-state index in [1.165, 1.54) is 11.1 Å². The van der Waals surface area contributed by atoms with Gasteiger partial charge in [0.15, 0.2) is 0 Å². The topological polar surface area (TPSA) is 79.0 Å². The Morgan fingerprint density at radius 2 is 1.60 bits per heavy atom. The molecule has 3 amide bonds. The minimum atomic E-state index is -0.638. The number of fused-ring (bicyclic) bond motifs is 1. The van der Waals surface area contributed by atoms with Crippen LogP contribution in [0.4, 0.5) is 0 Å². The Hall–Kier alpha value is -3.68. The Morgan fingerprint density at radius 1 is 0.875 bits per heavy atom. The summed E-state index contributed by atoms with van der Waals surface area (Å²) in [5.41, 5.74) is 5.01. The van der Waals surface area contributed by atoms with Gasteiger partial charge >= 0.3 is 0 Å². The Bertz CT molecular complexity index is 1420. The number of benzene rings is 3. The normalized spacial score (nSPS) is 20.0. The van der Waals surface area contributed by atoms with Crippen LogP contribution in [0.25, 0.3) is 0 Å². The SMILES string of the molecule is O=C1CCC(N2Cc3cccc(OCc4ccc(CN5CCC(c6ccc(Cl)cc6)CC5)cc4)c3C2=O)C(=O)N1. The molecule has 206 valence electrons. The van der Waals surface area contributed by atoms with Gasteiger partial charge in [-0.05, 0) is 78.7 Å². The number of piperidine rings is 2. The van der Waals surface area contributed by atoms with Crippen LogP contribution < -0.4 is 10.1 Å². The Kier molecular flexibility index (Phi) is 7.59. The van der Waals surface area contributed by atoms with E-state index in [-0.39, 0.29) is 18.2 Å². The smallest absolute Gasteiger partial charge is 0.258 e. The number of nitrogens with zero attached hydrogens (tertiary/aromatic N) is 2. The number of hydrogen-bond acceptors (Lipinski definition) is 5. The molecule has 1 unspecified atom stereocenters. The molecule has 2 fully saturated rings. The van der Waals surface area contributed by atoms with Crippen molar-refractivity contribution in [3.05, 3.63) is 99.6 Å². The third kappa shape index (κ3) is 5.62. The van der Waals surface area contributed by atoms with Crippen molar-refractivity contribution in [2.45, 2.75) is 57.3 Å². The molecular weight excluding hydrogens is 526 g/mol. The van der Waals surface area contributed by atoms with Crippen LogP contribution in [-0.2, 0) is 29.3 Å². The number of halogens is 1. The molecule has 40 heavy (non-hydrogen) atoms. The standard InChI is InChI=1S/C32H32ClN3O4/c33-26-10-8-23(9-11-26)24-14-16-35(17-15-24)18-21-4-6-22(7-5-21)20-40-28-3-1-2-25-19-36(32(39)30(25)28)27-12-13-29(37)34-31(27)38/h1-11,24,27H,12-20H2,(H,34,37,38). The molecule has 0 aliphatic carbocycles. The number of hydrogen-bond donors (Lipinski definition) is 1. The zero-order valence-electron chi connectivity index (χ0n) is 22.3. The summed E-state index contributed by atoms with van der Waals surface area (Å²) in [6.45, 7) is 3.74. The molecule has 2 saturated heterocycles. The van der Waals surface area contributed by atoms with Crippen molar-refractivity contribution >= 4 is 29.3 Å². The second-order valence-corrected chi connectivity index (χ2v) is 11.3. The first kappa shape index (κ1) is 26.5. The van der Waals surface area contributed by atoms with Crippen molar-refractivity contribution in [2.24, 2.45) is 0 Å². The summed E-state index contributed by atoms with van der Waals surface area (Å²) >= 11 is 6.04. The molecule has 3 aromatic carbocycles. The van der Waals surface area contributed by atoms with E-state index < -0.39 is 11.9 Å². The van der Waals surface area contributed by atoms with Gasteiger partial charge in [-0.1, -0.05) is 60.1 Å². The molecule has 3 aliphatic rings. The minimum absolute atomic E-state index is 0.227. The van der Waals surface area contributed by atoms with Crippen molar-refractivity contribution < 1.29 is 19.1 Å². The summed E-state index contributed by atoms with van der Waals surface area (Å²) in [7, 11) is 0. The third-order valence-electron chi connectivity index (χ3n) is 8.27. The molecule has 1 N–H and O–H groups in total. The highest BCUT2D eigenvalue weighted by Gasteiger charge is 2.40. The molecule has 6 rings (SSSR count). The lowest BCUT2D eigenvalue weighted by atomic mass is 9.89. The van der Waals surface area contributed by atoms with Crippen LogP contribution in [0.3, 0.4) is 0 Å². The van der Waals surface area contributed by atoms with Gasteiger partial charge in [-0.3, -0.25) is 24.6 Å². The summed E-state index contributed by atoms with van der Waals surface area (Å²) in [4.78, 5) is 41.2. The van der Waals surface area contributed by atoms with Gasteiger partial charge in [0.05, 0.1) is 5.56 Å². The number of carbonyl (C=O) groups is 3. The van der Waals surface area contributed by atoms with Crippen LogP contribution >= 0.6 is 11.6 Å². The van der Waals surface area contributed by atoms with E-state index in [2.05, 4.69) is 46.6 Å². The first-order valence-corrected chi connectivity index (χ1v) is 14.3. The van der Waals surface area contributed by atoms with E-state index in [1.807, 2.05) is 24.3 Å². The molecule has 3 aromatic rings. The van der Waals surface area contributed by atoms with E-state index in [0.29, 0.717) is 36.8 Å². The monoisotopic (exact) mass is 557 g/mol. The maximum Gasteiger partial charge on any atom is 0.258 e. The maximum absolute atomic E-state index is 13.3. The average molecular weight is 558 g/mol. The number of ether oxygens (including phenoxy) is 1. The molecule has 0 spiro atoms. The second kappa shape index (κ2) is 11.4. The number of likely N-dealkylation sites (tertiary alicyclic amines) is 1. The van der Waals surface area contributed by atoms with Gasteiger partial charge < -0.3 is 9.64 Å². The molecule has 3 heterocycles. The number of carbonyl (C=O) groups excluding carboxylic acids is 3. The fraction of sp³-hybridized carbons (Fsp3) is 0.344. The van der Waals surface area contributed by atoms with Crippen LogP contribution in [0.15, 0.2) is 66.7 Å². The number of nitrogens with one attached hydrogen (secondary N) is 1. The third-order valence-corrected chi connectivity index (χ3v) is 8.52. The predicted octanol–water partition coefficient (Wildman–Crippen LogP) is 5.06. The lowest BCUT2D eigenvalue weighted by Crippen LogP contribution is -2.52. The van der Waals surface area contributed by atoms with Gasteiger partial charge in [0.25, 0.3) is 5.91 Å². The van der Waals surface area contributed by atoms with Gasteiger partial charge in [-0.15, -0.1) is 0 Å². The Morgan fingerprint density at radius 3 is 2.33 bits per heavy atom. The van der Waals surface area contributed by atoms with E-state index in [1.54, 1.807) is 11.0 Å². The fourth-order valence-electron chi connectivity index (χ4n) is 6.02. The van der Waals surface area contributed by atoms with E-state index in [0.717, 1.165) is 48.6 Å². The summed E-state index contributed by atoms with van der Waals surface area (Å²) in [5, 5.41) is 3.13. The van der Waals surface area contributed by atoms with Gasteiger partial charge in [0, 0.05) is 24.5 Å². The second-order valence-electron chi connectivity index (χ2n) is 10.9. The summed E-state index contributed by atoms with van der Waals surface area (Å²) < 4.78 is 6.12. The van der Waals surface area contributed by atoms with Crippen molar-refractivity contribution in [1.29, 1.82) is 0 Å². The summed E-state index contributed by atoms with van der Waals surface area (Å²) in [5.74, 6) is 0.181. The van der Waals surface area contributed by atoms with Crippen LogP contribution in [-0.4, -0.2) is 46.7 Å². The van der Waals surface area contributed by atoms with Crippen LogP contribution in [0.1, 0.15) is 64.2 Å². The largest absolute Gasteiger partial charge is 0.488 e. The lowest BCUT2D eigenvalue weighted by Gasteiger charge is -2.32. The highest BCUT2D eigenvalue weighted by atomic mass is 35.5.